The van der Waals surface area contributed by atoms with Gasteiger partial charge in [0.15, 0.2) is 0 Å². The van der Waals surface area contributed by atoms with Gasteiger partial charge in [-0.3, -0.25) is 34.1 Å². The summed E-state index contributed by atoms with van der Waals surface area (Å²) in [4.78, 5) is 98.9. The summed E-state index contributed by atoms with van der Waals surface area (Å²) < 4.78 is 47.9. The summed E-state index contributed by atoms with van der Waals surface area (Å²) in [6.45, 7) is 0. The van der Waals surface area contributed by atoms with Gasteiger partial charge in [-0.25, -0.2) is 18.0 Å². The zero-order valence-electron chi connectivity index (χ0n) is 51.4. The normalized spacial score (nSPS) is 11.9. The van der Waals surface area contributed by atoms with Gasteiger partial charge in [-0.15, -0.1) is 0 Å². The minimum atomic E-state index is -1.41. The number of methoxy groups -OCH3 is 1. The Morgan fingerprint density at radius 1 is 0.516 bits per heavy atom. The Labute approximate surface area is 557 Å². The van der Waals surface area contributed by atoms with Crippen LogP contribution in [0.3, 0.4) is 0 Å². The van der Waals surface area contributed by atoms with Crippen LogP contribution in [0.5, 0.6) is 0 Å². The van der Waals surface area contributed by atoms with Crippen LogP contribution in [0.25, 0.3) is 33.4 Å². The SMILES string of the molecule is CN(C)c1[nH]c(=O)c(-c2cc(Cl)ccc2F)cc1Nc1ccncc1C(=O)NC1CC1.CN(C)c1[nH]c(=O)c(-c2cc(Cl)ccc2F)cc1Nc1ccncc1C(=O)[O-].COC(=O)c1cnccc1Nc1cc(-c2cc(Cl)ccc2F)c(=O)[nH]c1N(C)C.NC1CC1.[Li+]. The maximum atomic E-state index is 14.4. The molecule has 22 nitrogen and oxygen atoms in total. The van der Waals surface area contributed by atoms with Crippen molar-refractivity contribution < 1.29 is 56.3 Å². The molecule has 6 aromatic heterocycles. The van der Waals surface area contributed by atoms with Crippen LogP contribution >= 0.6 is 34.8 Å². The summed E-state index contributed by atoms with van der Waals surface area (Å²) in [6.07, 6.45) is 12.9. The number of ether oxygens (including phenoxy) is 1. The Bertz CT molecular complexity index is 4420. The number of hydrogen-bond acceptors (Lipinski definition) is 18. The topological polar surface area (TPSA) is 305 Å². The fourth-order valence-corrected chi connectivity index (χ4v) is 9.28. The van der Waals surface area contributed by atoms with Gasteiger partial charge in [-0.05, 0) is 117 Å². The number of carbonyl (C=O) groups excluding carboxylic acids is 3. The van der Waals surface area contributed by atoms with Gasteiger partial charge in [0.1, 0.15) is 40.5 Å². The number of rotatable bonds is 16. The second-order valence-electron chi connectivity index (χ2n) is 21.4. The average molecular weight is 1320 g/mol. The van der Waals surface area contributed by atoms with Crippen molar-refractivity contribution >= 4 is 104 Å². The summed E-state index contributed by atoms with van der Waals surface area (Å²) >= 11 is 17.9. The molecule has 478 valence electrons. The number of carboxylic acid groups (broad SMARTS) is 1. The van der Waals surface area contributed by atoms with Crippen molar-refractivity contribution in [1.29, 1.82) is 0 Å². The van der Waals surface area contributed by atoms with Crippen LogP contribution < -0.4 is 82.3 Å². The van der Waals surface area contributed by atoms with Crippen LogP contribution in [0.15, 0.2) is 143 Å². The van der Waals surface area contributed by atoms with Crippen molar-refractivity contribution in [2.75, 3.05) is 80.0 Å². The van der Waals surface area contributed by atoms with Gasteiger partial charge in [0, 0.05) is 129 Å². The molecule has 2 aliphatic rings. The van der Waals surface area contributed by atoms with Gasteiger partial charge in [-0.2, -0.15) is 0 Å². The number of aromatic carboxylic acids is 1. The average Bonchev–Trinajstić information content (AvgIpc) is 1.81. The van der Waals surface area contributed by atoms with E-state index < -0.39 is 46.1 Å². The quantitative estimate of drug-likeness (QED) is 0.0348. The van der Waals surface area contributed by atoms with Crippen LogP contribution in [-0.2, 0) is 4.74 Å². The number of aromatic amines is 3. The minimum Gasteiger partial charge on any atom is -0.545 e. The van der Waals surface area contributed by atoms with E-state index in [0.29, 0.717) is 67.5 Å². The first-order chi connectivity index (χ1) is 43.8. The van der Waals surface area contributed by atoms with Crippen molar-refractivity contribution in [3.8, 4) is 33.4 Å². The van der Waals surface area contributed by atoms with E-state index in [1.807, 2.05) is 0 Å². The van der Waals surface area contributed by atoms with E-state index in [-0.39, 0.29) is 86.0 Å². The van der Waals surface area contributed by atoms with Gasteiger partial charge in [-0.1, -0.05) is 34.8 Å². The first kappa shape index (κ1) is 70.8. The predicted molar refractivity (Wildman–Crippen MR) is 351 cm³/mol. The molecule has 2 saturated carbocycles. The zero-order valence-corrected chi connectivity index (χ0v) is 53.7. The fraction of sp³-hybridized carbons (Fsp3) is 0.203. The predicted octanol–water partition coefficient (Wildman–Crippen LogP) is 7.27. The molecule has 0 radical (unpaired) electrons. The number of amides is 1. The van der Waals surface area contributed by atoms with Gasteiger partial charge in [0.25, 0.3) is 22.6 Å². The molecule has 6 heterocycles. The molecule has 0 aliphatic heterocycles. The molecule has 93 heavy (non-hydrogen) atoms. The Balaban J connectivity index is 0.000000190. The number of carbonyl (C=O) groups is 3. The second-order valence-corrected chi connectivity index (χ2v) is 22.7. The van der Waals surface area contributed by atoms with Crippen molar-refractivity contribution in [3.05, 3.63) is 208 Å². The smallest absolute Gasteiger partial charge is 0.545 e. The van der Waals surface area contributed by atoms with E-state index >= 15 is 0 Å². The van der Waals surface area contributed by atoms with Crippen LogP contribution in [0.1, 0.15) is 56.8 Å². The van der Waals surface area contributed by atoms with Crippen LogP contribution in [-0.4, -0.2) is 109 Å². The third-order valence-electron chi connectivity index (χ3n) is 13.7. The molecule has 9 N–H and O–H groups in total. The monoisotopic (exact) mass is 1320 g/mol. The number of nitrogens with two attached hydrogens (primary N) is 1. The molecule has 29 heteroatoms. The van der Waals surface area contributed by atoms with Crippen LogP contribution in [0.4, 0.5) is 64.7 Å². The first-order valence-corrected chi connectivity index (χ1v) is 29.1. The molecular formula is C64H61Cl3F3LiN14O8. The van der Waals surface area contributed by atoms with E-state index in [0.717, 1.165) is 19.0 Å². The molecule has 0 saturated heterocycles. The maximum Gasteiger partial charge on any atom is 1.00 e. The number of esters is 1. The Hall–Kier alpha value is -9.61. The second kappa shape index (κ2) is 31.6. The number of H-pyrrole nitrogens is 3. The molecular weight excluding hydrogens is 1260 g/mol. The van der Waals surface area contributed by atoms with E-state index in [4.69, 9.17) is 45.3 Å². The van der Waals surface area contributed by atoms with E-state index in [9.17, 15) is 47.0 Å². The van der Waals surface area contributed by atoms with Crippen molar-refractivity contribution in [2.45, 2.75) is 37.8 Å². The molecule has 3 aromatic carbocycles. The minimum absolute atomic E-state index is 0. The van der Waals surface area contributed by atoms with Crippen molar-refractivity contribution in [2.24, 2.45) is 5.73 Å². The summed E-state index contributed by atoms with van der Waals surface area (Å²) in [7, 11) is 11.7. The summed E-state index contributed by atoms with van der Waals surface area (Å²) in [5, 5.41) is 24.4. The van der Waals surface area contributed by atoms with Crippen molar-refractivity contribution in [3.63, 3.8) is 0 Å². The number of nitrogens with one attached hydrogen (secondary N) is 7. The largest absolute Gasteiger partial charge is 1.00 e. The number of nitrogens with zero attached hydrogens (tertiary/aromatic N) is 6. The summed E-state index contributed by atoms with van der Waals surface area (Å²) in [5.41, 5.74) is 7.04. The molecule has 0 atom stereocenters. The zero-order chi connectivity index (χ0) is 66.7. The van der Waals surface area contributed by atoms with Crippen LogP contribution in [0.2, 0.25) is 15.1 Å². The standard InChI is InChI=1S/C22H21ClFN5O2.C20H18ClFN4O3.C19H16ClFN4O3.C3H7N.Li/c1-29(2)20-19(10-15(21(30)28-20)14-9-12(23)3-6-17(14)24)27-18-7-8-25-11-16(18)22(31)26-13-4-5-13;1-26(2)18-17(24-16-6-7-23-10-14(16)20(28)29-3)9-13(19(27)25-18)12-8-11(21)4-5-15(12)22;1-25(2)17-16(23-15-5-6-22-9-13(15)19(27)28)8-12(18(26)24-17)11-7-10(20)3-4-14(11)21;4-3-1-2-3;/h3,6-11,13H,4-5H2,1-2H3,(H,25,27)(H,26,31)(H,28,30);4-10H,1-3H3,(H,23,24)(H,25,27);3-9H,1-2H3,(H,22,23)(H,24,26)(H,27,28);3H,1-2,4H2;/q;;;;+1/p-1. The number of pyridine rings is 6. The molecule has 1 amide bonds. The van der Waals surface area contributed by atoms with Gasteiger partial charge in [0.2, 0.25) is 0 Å². The molecule has 2 fully saturated rings. The summed E-state index contributed by atoms with van der Waals surface area (Å²) in [6, 6.07) is 21.9. The van der Waals surface area contributed by atoms with Gasteiger partial charge < -0.3 is 71.3 Å². The molecule has 0 spiro atoms. The van der Waals surface area contributed by atoms with Crippen LogP contribution in [0, 0.1) is 17.5 Å². The Morgan fingerprint density at radius 3 is 1.15 bits per heavy atom. The Kier molecular flexibility index (Phi) is 24.1. The molecule has 9 aromatic rings. The number of benzene rings is 3. The molecule has 2 aliphatic carbocycles. The number of hydrogen-bond donors (Lipinski definition) is 8. The number of aromatic nitrogens is 6. The number of halogens is 6. The van der Waals surface area contributed by atoms with E-state index in [2.05, 4.69) is 51.2 Å². The third kappa shape index (κ3) is 18.3. The molecule has 11 rings (SSSR count). The Morgan fingerprint density at radius 2 is 0.839 bits per heavy atom. The third-order valence-corrected chi connectivity index (χ3v) is 14.4. The first-order valence-electron chi connectivity index (χ1n) is 28.0. The van der Waals surface area contributed by atoms with Gasteiger partial charge in [0.05, 0.1) is 69.5 Å². The summed E-state index contributed by atoms with van der Waals surface area (Å²) in [5.74, 6) is -2.68. The van der Waals surface area contributed by atoms with Crippen molar-refractivity contribution in [1.82, 2.24) is 35.2 Å². The molecule has 0 unspecified atom stereocenters. The fourth-order valence-electron chi connectivity index (χ4n) is 8.77. The van der Waals surface area contributed by atoms with Gasteiger partial charge >= 0.3 is 24.8 Å². The maximum absolute atomic E-state index is 14.4. The number of anilines is 9. The number of carboxylic acids is 1. The molecule has 0 bridgehead atoms. The van der Waals surface area contributed by atoms with E-state index in [1.54, 1.807) is 81.4 Å². The van der Waals surface area contributed by atoms with E-state index in [1.165, 1.54) is 118 Å².